The third kappa shape index (κ3) is 1.62. The first kappa shape index (κ1) is 10.1. The number of rotatable bonds is 2. The van der Waals surface area contributed by atoms with Gasteiger partial charge in [-0.3, -0.25) is 4.79 Å². The van der Waals surface area contributed by atoms with Gasteiger partial charge >= 0.3 is 0 Å². The van der Waals surface area contributed by atoms with Crippen LogP contribution in [0.1, 0.15) is 18.6 Å². The minimum absolute atomic E-state index is 0.0730. The maximum atomic E-state index is 11.5. The van der Waals surface area contributed by atoms with Crippen molar-refractivity contribution in [1.82, 2.24) is 9.97 Å². The van der Waals surface area contributed by atoms with Gasteiger partial charge < -0.3 is 15.5 Å². The first-order chi connectivity index (χ1) is 7.13. The topological polar surface area (TPSA) is 81.0 Å². The minimum Gasteiger partial charge on any atom is -0.377 e. The van der Waals surface area contributed by atoms with Crippen LogP contribution in [0.15, 0.2) is 10.2 Å². The van der Waals surface area contributed by atoms with E-state index in [4.69, 9.17) is 10.5 Å². The zero-order chi connectivity index (χ0) is 11.0. The zero-order valence-corrected chi connectivity index (χ0v) is 9.22. The van der Waals surface area contributed by atoms with Crippen LogP contribution in [0.25, 0.3) is 10.2 Å². The van der Waals surface area contributed by atoms with Crippen molar-refractivity contribution in [2.24, 2.45) is 0 Å². The Bertz CT molecular complexity index is 546. The number of hydrogen-bond donors (Lipinski definition) is 2. The van der Waals surface area contributed by atoms with Gasteiger partial charge in [0.25, 0.3) is 5.56 Å². The van der Waals surface area contributed by atoms with Gasteiger partial charge in [-0.25, -0.2) is 0 Å². The van der Waals surface area contributed by atoms with Crippen molar-refractivity contribution in [3.63, 3.8) is 0 Å². The lowest BCUT2D eigenvalue weighted by atomic mass is 10.2. The van der Waals surface area contributed by atoms with Crippen LogP contribution in [0.2, 0.25) is 0 Å². The minimum atomic E-state index is -0.291. The normalized spacial score (nSPS) is 13.2. The van der Waals surface area contributed by atoms with E-state index in [1.807, 2.05) is 12.3 Å². The monoisotopic (exact) mass is 225 g/mol. The number of nitrogens with zero attached hydrogens (tertiary/aromatic N) is 1. The number of aromatic amines is 1. The molecule has 80 valence electrons. The largest absolute Gasteiger partial charge is 0.377 e. The van der Waals surface area contributed by atoms with Crippen molar-refractivity contribution in [2.75, 3.05) is 12.8 Å². The number of nitrogen functional groups attached to an aromatic ring is 1. The van der Waals surface area contributed by atoms with Crippen LogP contribution in [0.3, 0.4) is 0 Å². The van der Waals surface area contributed by atoms with Crippen LogP contribution in [0, 0.1) is 0 Å². The number of aromatic nitrogens is 2. The number of anilines is 1. The fourth-order valence-electron chi connectivity index (χ4n) is 1.40. The summed E-state index contributed by atoms with van der Waals surface area (Å²) in [6.45, 7) is 1.91. The van der Waals surface area contributed by atoms with Crippen LogP contribution in [-0.4, -0.2) is 17.1 Å². The molecule has 0 saturated carbocycles. The Morgan fingerprint density at radius 3 is 3.07 bits per heavy atom. The molecule has 6 heteroatoms. The molecule has 2 rings (SSSR count). The van der Waals surface area contributed by atoms with Gasteiger partial charge in [-0.1, -0.05) is 0 Å². The molecule has 0 aliphatic rings. The number of H-pyrrole nitrogens is 1. The standard InChI is InChI=1S/C9H11N3O2S/c1-4(14-2)5-3-15-7-6(5)11-9(10)12-8(7)13/h3-4H,1-2H3,(H3,10,11,12,13). The average Bonchev–Trinajstić information content (AvgIpc) is 2.60. The third-order valence-corrected chi connectivity index (χ3v) is 3.27. The SMILES string of the molecule is COC(C)c1csc2c(=O)nc(N)[nH]c12. The van der Waals surface area contributed by atoms with E-state index >= 15 is 0 Å². The summed E-state index contributed by atoms with van der Waals surface area (Å²) in [5.74, 6) is 0.135. The quantitative estimate of drug-likeness (QED) is 0.806. The summed E-state index contributed by atoms with van der Waals surface area (Å²) in [6, 6.07) is 0. The molecule has 1 unspecified atom stereocenters. The molecule has 2 aromatic heterocycles. The lowest BCUT2D eigenvalue weighted by molar-refractivity contribution is 0.121. The molecule has 0 fully saturated rings. The molecule has 0 bridgehead atoms. The van der Waals surface area contributed by atoms with Gasteiger partial charge in [-0.15, -0.1) is 11.3 Å². The first-order valence-corrected chi connectivity index (χ1v) is 5.31. The van der Waals surface area contributed by atoms with Gasteiger partial charge in [0, 0.05) is 12.7 Å². The predicted molar refractivity (Wildman–Crippen MR) is 60.1 cm³/mol. The van der Waals surface area contributed by atoms with Crippen molar-refractivity contribution in [2.45, 2.75) is 13.0 Å². The summed E-state index contributed by atoms with van der Waals surface area (Å²) in [4.78, 5) is 18.0. The maximum Gasteiger partial charge on any atom is 0.292 e. The highest BCUT2D eigenvalue weighted by Crippen LogP contribution is 2.28. The van der Waals surface area contributed by atoms with Gasteiger partial charge in [0.05, 0.1) is 11.6 Å². The second-order valence-electron chi connectivity index (χ2n) is 3.20. The van der Waals surface area contributed by atoms with Gasteiger partial charge in [-0.2, -0.15) is 4.98 Å². The Labute approximate surface area is 89.9 Å². The van der Waals surface area contributed by atoms with Crippen LogP contribution in [0.5, 0.6) is 0 Å². The molecule has 0 amide bonds. The van der Waals surface area contributed by atoms with E-state index in [0.717, 1.165) is 11.1 Å². The molecule has 0 aliphatic heterocycles. The lowest BCUT2D eigenvalue weighted by Crippen LogP contribution is -2.10. The number of ether oxygens (including phenoxy) is 1. The predicted octanol–water partition coefficient (Wildman–Crippen LogP) is 1.27. The molecule has 15 heavy (non-hydrogen) atoms. The summed E-state index contributed by atoms with van der Waals surface area (Å²) < 4.78 is 5.79. The van der Waals surface area contributed by atoms with Crippen LogP contribution >= 0.6 is 11.3 Å². The van der Waals surface area contributed by atoms with Crippen LogP contribution in [0.4, 0.5) is 5.95 Å². The second-order valence-corrected chi connectivity index (χ2v) is 4.08. The number of fused-ring (bicyclic) bond motifs is 1. The molecular weight excluding hydrogens is 214 g/mol. The van der Waals surface area contributed by atoms with E-state index in [0.29, 0.717) is 4.70 Å². The van der Waals surface area contributed by atoms with Gasteiger partial charge in [0.2, 0.25) is 5.95 Å². The molecule has 1 atom stereocenters. The molecule has 2 heterocycles. The Hall–Kier alpha value is -1.40. The van der Waals surface area contributed by atoms with E-state index in [2.05, 4.69) is 9.97 Å². The van der Waals surface area contributed by atoms with Crippen molar-refractivity contribution in [3.8, 4) is 0 Å². The average molecular weight is 225 g/mol. The summed E-state index contributed by atoms with van der Waals surface area (Å²) in [6.07, 6.45) is -0.0730. The second kappa shape index (κ2) is 3.63. The van der Waals surface area contributed by atoms with E-state index in [-0.39, 0.29) is 17.6 Å². The molecule has 0 radical (unpaired) electrons. The summed E-state index contributed by atoms with van der Waals surface area (Å²) >= 11 is 1.35. The Balaban J connectivity index is 2.74. The van der Waals surface area contributed by atoms with Gasteiger partial charge in [-0.05, 0) is 12.3 Å². The number of methoxy groups -OCH3 is 1. The molecule has 0 aromatic carbocycles. The molecular formula is C9H11N3O2S. The summed E-state index contributed by atoms with van der Waals surface area (Å²) in [5.41, 5.74) is 6.86. The fraction of sp³-hybridized carbons (Fsp3) is 0.333. The molecule has 0 aliphatic carbocycles. The van der Waals surface area contributed by atoms with Crippen molar-refractivity contribution in [1.29, 1.82) is 0 Å². The lowest BCUT2D eigenvalue weighted by Gasteiger charge is -2.07. The van der Waals surface area contributed by atoms with Gasteiger partial charge in [0.1, 0.15) is 4.70 Å². The highest BCUT2D eigenvalue weighted by atomic mass is 32.1. The summed E-state index contributed by atoms with van der Waals surface area (Å²) in [7, 11) is 1.62. The van der Waals surface area contributed by atoms with E-state index in [1.165, 1.54) is 11.3 Å². The van der Waals surface area contributed by atoms with E-state index in [1.54, 1.807) is 7.11 Å². The third-order valence-electron chi connectivity index (χ3n) is 2.28. The number of nitrogens with two attached hydrogens (primary N) is 1. The highest BCUT2D eigenvalue weighted by molar-refractivity contribution is 7.17. The first-order valence-electron chi connectivity index (χ1n) is 4.43. The zero-order valence-electron chi connectivity index (χ0n) is 8.40. The highest BCUT2D eigenvalue weighted by Gasteiger charge is 2.14. The summed E-state index contributed by atoms with van der Waals surface area (Å²) in [5, 5.41) is 1.89. The van der Waals surface area contributed by atoms with E-state index < -0.39 is 0 Å². The van der Waals surface area contributed by atoms with Crippen LogP contribution < -0.4 is 11.3 Å². The Kier molecular flexibility index (Phi) is 2.45. The molecule has 5 nitrogen and oxygen atoms in total. The molecule has 0 spiro atoms. The number of thiophene rings is 1. The fourth-order valence-corrected chi connectivity index (χ4v) is 2.39. The Morgan fingerprint density at radius 1 is 1.67 bits per heavy atom. The van der Waals surface area contributed by atoms with Gasteiger partial charge in [0.15, 0.2) is 0 Å². The molecule has 0 saturated heterocycles. The van der Waals surface area contributed by atoms with E-state index in [9.17, 15) is 4.79 Å². The molecule has 3 N–H and O–H groups in total. The van der Waals surface area contributed by atoms with Crippen molar-refractivity contribution >= 4 is 27.5 Å². The smallest absolute Gasteiger partial charge is 0.292 e. The Morgan fingerprint density at radius 2 is 2.40 bits per heavy atom. The van der Waals surface area contributed by atoms with Crippen LogP contribution in [-0.2, 0) is 4.74 Å². The van der Waals surface area contributed by atoms with Crippen molar-refractivity contribution in [3.05, 3.63) is 21.3 Å². The number of nitrogens with one attached hydrogen (secondary N) is 1. The maximum absolute atomic E-state index is 11.5. The molecule has 2 aromatic rings. The van der Waals surface area contributed by atoms with Crippen molar-refractivity contribution < 1.29 is 4.74 Å². The number of hydrogen-bond acceptors (Lipinski definition) is 5.